The number of amides is 1. The van der Waals surface area contributed by atoms with Crippen molar-refractivity contribution in [3.05, 3.63) is 51.2 Å². The topological polar surface area (TPSA) is 70.4 Å². The van der Waals surface area contributed by atoms with Crippen LogP contribution < -0.4 is 4.90 Å². The largest absolute Gasteiger partial charge is 0.452 e. The average molecular weight is 382 g/mol. The van der Waals surface area contributed by atoms with E-state index < -0.39 is 5.97 Å². The van der Waals surface area contributed by atoms with Gasteiger partial charge in [0.05, 0.1) is 18.1 Å². The van der Waals surface area contributed by atoms with Crippen LogP contribution in [0.2, 0.25) is 0 Å². The zero-order chi connectivity index (χ0) is 19.2. The highest BCUT2D eigenvalue weighted by Gasteiger charge is 2.23. The van der Waals surface area contributed by atoms with E-state index in [-0.39, 0.29) is 25.5 Å². The van der Waals surface area contributed by atoms with E-state index in [4.69, 9.17) is 10.00 Å². The van der Waals surface area contributed by atoms with E-state index in [0.29, 0.717) is 11.3 Å². The van der Waals surface area contributed by atoms with Crippen LogP contribution in [0.4, 0.5) is 5.69 Å². The van der Waals surface area contributed by atoms with Crippen molar-refractivity contribution in [3.8, 4) is 6.07 Å². The van der Waals surface area contributed by atoms with Gasteiger partial charge in [-0.15, -0.1) is 11.3 Å². The molecule has 1 amide bonds. The third kappa shape index (κ3) is 4.55. The van der Waals surface area contributed by atoms with Gasteiger partial charge in [0.15, 0.2) is 6.61 Å². The van der Waals surface area contributed by atoms with Gasteiger partial charge >= 0.3 is 5.97 Å². The molecule has 0 fully saturated rings. The van der Waals surface area contributed by atoms with E-state index in [1.807, 2.05) is 36.6 Å². The average Bonchev–Trinajstić information content (AvgIpc) is 3.12. The summed E-state index contributed by atoms with van der Waals surface area (Å²) in [7, 11) is 0. The molecular weight excluding hydrogens is 360 g/mol. The summed E-state index contributed by atoms with van der Waals surface area (Å²) in [4.78, 5) is 27.9. The van der Waals surface area contributed by atoms with Crippen LogP contribution in [0.1, 0.15) is 45.6 Å². The smallest absolute Gasteiger partial charge is 0.339 e. The van der Waals surface area contributed by atoms with Crippen LogP contribution in [-0.2, 0) is 22.4 Å². The molecule has 140 valence electrons. The Morgan fingerprint density at radius 2 is 1.96 bits per heavy atom. The van der Waals surface area contributed by atoms with Gasteiger partial charge in [-0.05, 0) is 50.3 Å². The molecule has 1 aliphatic rings. The van der Waals surface area contributed by atoms with Crippen molar-refractivity contribution in [2.45, 2.75) is 39.0 Å². The molecule has 1 aromatic carbocycles. The van der Waals surface area contributed by atoms with Crippen molar-refractivity contribution in [1.29, 1.82) is 5.26 Å². The summed E-state index contributed by atoms with van der Waals surface area (Å²) in [6.07, 6.45) is 4.37. The van der Waals surface area contributed by atoms with Crippen LogP contribution in [-0.4, -0.2) is 25.0 Å². The molecule has 0 spiro atoms. The van der Waals surface area contributed by atoms with Crippen molar-refractivity contribution in [1.82, 2.24) is 0 Å². The quantitative estimate of drug-likeness (QED) is 0.707. The van der Waals surface area contributed by atoms with Gasteiger partial charge in [0, 0.05) is 22.5 Å². The predicted octanol–water partition coefficient (Wildman–Crippen LogP) is 4.04. The van der Waals surface area contributed by atoms with E-state index in [2.05, 4.69) is 6.07 Å². The molecule has 0 saturated heterocycles. The first-order valence-electron chi connectivity index (χ1n) is 9.10. The molecule has 0 unspecified atom stereocenters. The third-order valence-corrected chi connectivity index (χ3v) is 5.79. The molecule has 1 aromatic heterocycles. The minimum atomic E-state index is -0.438. The number of rotatable bonds is 6. The van der Waals surface area contributed by atoms with Crippen molar-refractivity contribution in [3.63, 3.8) is 0 Å². The Morgan fingerprint density at radius 1 is 1.22 bits per heavy atom. The van der Waals surface area contributed by atoms with Gasteiger partial charge in [-0.25, -0.2) is 4.79 Å². The maximum atomic E-state index is 12.6. The summed E-state index contributed by atoms with van der Waals surface area (Å²) in [5.74, 6) is -0.765. The second-order valence-corrected chi connectivity index (χ2v) is 7.59. The number of hydrogen-bond donors (Lipinski definition) is 0. The van der Waals surface area contributed by atoms with Gasteiger partial charge in [-0.3, -0.25) is 4.79 Å². The SMILES string of the molecule is Cc1ccc(N(CCC#N)C(=O)COC(=O)c2csc3c2CCCC3)cc1. The van der Waals surface area contributed by atoms with Crippen LogP contribution in [0, 0.1) is 18.3 Å². The van der Waals surface area contributed by atoms with Gasteiger partial charge in [0.2, 0.25) is 0 Å². The summed E-state index contributed by atoms with van der Waals surface area (Å²) in [5, 5.41) is 10.7. The number of ether oxygens (including phenoxy) is 1. The molecule has 0 aliphatic heterocycles. The molecule has 0 saturated carbocycles. The lowest BCUT2D eigenvalue weighted by atomic mass is 9.96. The number of anilines is 1. The molecule has 3 rings (SSSR count). The van der Waals surface area contributed by atoms with E-state index in [0.717, 1.165) is 36.8 Å². The van der Waals surface area contributed by atoms with Crippen molar-refractivity contribution in [2.24, 2.45) is 0 Å². The van der Waals surface area contributed by atoms with Crippen molar-refractivity contribution >= 4 is 28.9 Å². The van der Waals surface area contributed by atoms with Crippen LogP contribution in [0.5, 0.6) is 0 Å². The Morgan fingerprint density at radius 3 is 2.70 bits per heavy atom. The van der Waals surface area contributed by atoms with E-state index >= 15 is 0 Å². The molecule has 1 aliphatic carbocycles. The summed E-state index contributed by atoms with van der Waals surface area (Å²) < 4.78 is 5.31. The number of thiophene rings is 1. The fraction of sp³-hybridized carbons (Fsp3) is 0.381. The summed E-state index contributed by atoms with van der Waals surface area (Å²) >= 11 is 1.60. The minimum absolute atomic E-state index is 0.214. The van der Waals surface area contributed by atoms with E-state index in [1.165, 1.54) is 9.78 Å². The second-order valence-electron chi connectivity index (χ2n) is 6.62. The first-order valence-corrected chi connectivity index (χ1v) is 9.98. The minimum Gasteiger partial charge on any atom is -0.452 e. The lowest BCUT2D eigenvalue weighted by Crippen LogP contribution is -2.35. The third-order valence-electron chi connectivity index (χ3n) is 4.70. The molecule has 27 heavy (non-hydrogen) atoms. The second kappa shape index (κ2) is 8.83. The normalized spacial score (nSPS) is 12.7. The van der Waals surface area contributed by atoms with Gasteiger partial charge in [0.25, 0.3) is 5.91 Å². The fourth-order valence-electron chi connectivity index (χ4n) is 3.23. The van der Waals surface area contributed by atoms with Crippen LogP contribution in [0.3, 0.4) is 0 Å². The maximum Gasteiger partial charge on any atom is 0.339 e. The maximum absolute atomic E-state index is 12.6. The zero-order valence-corrected chi connectivity index (χ0v) is 16.2. The molecule has 0 radical (unpaired) electrons. The van der Waals surface area contributed by atoms with Gasteiger partial charge in [-0.1, -0.05) is 17.7 Å². The number of benzene rings is 1. The van der Waals surface area contributed by atoms with E-state index in [9.17, 15) is 9.59 Å². The fourth-order valence-corrected chi connectivity index (χ4v) is 4.35. The number of nitrogens with zero attached hydrogens (tertiary/aromatic N) is 2. The molecular formula is C21H22N2O3S. The summed E-state index contributed by atoms with van der Waals surface area (Å²) in [6.45, 7) is 1.90. The monoisotopic (exact) mass is 382 g/mol. The number of aryl methyl sites for hydroxylation is 2. The number of hydrogen-bond acceptors (Lipinski definition) is 5. The Kier molecular flexibility index (Phi) is 6.25. The summed E-state index contributed by atoms with van der Waals surface area (Å²) in [5.41, 5.74) is 3.47. The molecule has 0 N–H and O–H groups in total. The highest BCUT2D eigenvalue weighted by atomic mass is 32.1. The molecule has 1 heterocycles. The molecule has 0 bridgehead atoms. The molecule has 5 nitrogen and oxygen atoms in total. The number of carbonyl (C=O) groups is 2. The number of fused-ring (bicyclic) bond motifs is 1. The summed E-state index contributed by atoms with van der Waals surface area (Å²) in [6, 6.07) is 9.54. The highest BCUT2D eigenvalue weighted by Crippen LogP contribution is 2.30. The number of carbonyl (C=O) groups excluding carboxylic acids is 2. The lowest BCUT2D eigenvalue weighted by Gasteiger charge is -2.22. The molecule has 0 atom stereocenters. The zero-order valence-electron chi connectivity index (χ0n) is 15.4. The van der Waals surface area contributed by atoms with Gasteiger partial charge < -0.3 is 9.64 Å². The van der Waals surface area contributed by atoms with Crippen LogP contribution in [0.15, 0.2) is 29.6 Å². The lowest BCUT2D eigenvalue weighted by molar-refractivity contribution is -0.121. The van der Waals surface area contributed by atoms with E-state index in [1.54, 1.807) is 11.3 Å². The molecule has 6 heteroatoms. The van der Waals surface area contributed by atoms with Crippen molar-refractivity contribution < 1.29 is 14.3 Å². The Labute approximate surface area is 163 Å². The first-order chi connectivity index (χ1) is 13.1. The highest BCUT2D eigenvalue weighted by molar-refractivity contribution is 7.10. The number of nitriles is 1. The Bertz CT molecular complexity index is 865. The Balaban J connectivity index is 1.66. The predicted molar refractivity (Wildman–Crippen MR) is 105 cm³/mol. The Hall–Kier alpha value is -2.65. The van der Waals surface area contributed by atoms with Gasteiger partial charge in [0.1, 0.15) is 0 Å². The van der Waals surface area contributed by atoms with Crippen LogP contribution >= 0.6 is 11.3 Å². The number of esters is 1. The standard InChI is InChI=1S/C21H22N2O3S/c1-15-7-9-16(10-8-15)23(12-4-11-22)20(24)13-26-21(25)18-14-27-19-6-3-2-5-17(18)19/h7-10,14H,2-6,12-13H2,1H3. The van der Waals surface area contributed by atoms with Crippen molar-refractivity contribution in [2.75, 3.05) is 18.1 Å². The first kappa shape index (κ1) is 19.1. The van der Waals surface area contributed by atoms with Gasteiger partial charge in [-0.2, -0.15) is 5.26 Å². The van der Waals surface area contributed by atoms with Crippen LogP contribution in [0.25, 0.3) is 0 Å². The molecule has 2 aromatic rings.